The molecule has 2 heterocycles. The number of nitrogens with one attached hydrogen (secondary N) is 1. The smallest absolute Gasteiger partial charge is 0.262 e. The second-order valence-corrected chi connectivity index (χ2v) is 7.44. The fourth-order valence-corrected chi connectivity index (χ4v) is 3.66. The quantitative estimate of drug-likeness (QED) is 0.919. The van der Waals surface area contributed by atoms with E-state index in [9.17, 15) is 9.59 Å². The minimum absolute atomic E-state index is 0.00400. The Labute approximate surface area is 133 Å². The van der Waals surface area contributed by atoms with Gasteiger partial charge in [0.1, 0.15) is 4.83 Å². The first kappa shape index (κ1) is 15.2. The Hall–Kier alpha value is -1.69. The van der Waals surface area contributed by atoms with Crippen LogP contribution in [0.4, 0.5) is 0 Å². The molecule has 1 saturated carbocycles. The van der Waals surface area contributed by atoms with Gasteiger partial charge < -0.3 is 5.32 Å². The van der Waals surface area contributed by atoms with Crippen molar-refractivity contribution in [3.8, 4) is 0 Å². The lowest BCUT2D eigenvalue weighted by Crippen LogP contribution is -2.29. The van der Waals surface area contributed by atoms with Gasteiger partial charge in [-0.25, -0.2) is 4.98 Å². The van der Waals surface area contributed by atoms with E-state index in [1.165, 1.54) is 6.42 Å². The largest absolute Gasteiger partial charge is 0.356 e. The molecule has 0 unspecified atom stereocenters. The van der Waals surface area contributed by atoms with Gasteiger partial charge in [-0.2, -0.15) is 0 Å². The van der Waals surface area contributed by atoms with Crippen LogP contribution < -0.4 is 10.9 Å². The van der Waals surface area contributed by atoms with Crippen LogP contribution in [-0.2, 0) is 11.3 Å². The topological polar surface area (TPSA) is 64.0 Å². The Balaban J connectivity index is 1.66. The van der Waals surface area contributed by atoms with E-state index in [-0.39, 0.29) is 11.5 Å². The summed E-state index contributed by atoms with van der Waals surface area (Å²) in [6.07, 6.45) is 3.07. The lowest BCUT2D eigenvalue weighted by molar-refractivity contribution is -0.121. The molecule has 0 spiro atoms. The van der Waals surface area contributed by atoms with Crippen molar-refractivity contribution in [1.29, 1.82) is 0 Å². The zero-order valence-electron chi connectivity index (χ0n) is 13.2. The van der Waals surface area contributed by atoms with E-state index in [1.54, 1.807) is 22.2 Å². The molecule has 22 heavy (non-hydrogen) atoms. The van der Waals surface area contributed by atoms with E-state index in [0.29, 0.717) is 24.3 Å². The van der Waals surface area contributed by atoms with Crippen molar-refractivity contribution >= 4 is 27.5 Å². The van der Waals surface area contributed by atoms with Crippen LogP contribution in [0.1, 0.15) is 30.2 Å². The molecule has 0 saturated heterocycles. The number of fused-ring (bicyclic) bond motifs is 1. The van der Waals surface area contributed by atoms with Crippen molar-refractivity contribution in [3.05, 3.63) is 27.1 Å². The molecular weight excluding hydrogens is 298 g/mol. The van der Waals surface area contributed by atoms with Gasteiger partial charge in [0.25, 0.3) is 5.56 Å². The molecule has 6 heteroatoms. The maximum absolute atomic E-state index is 12.5. The second kappa shape index (κ2) is 5.83. The number of thiophene rings is 1. The second-order valence-electron chi connectivity index (χ2n) is 6.23. The number of rotatable bonds is 5. The first-order valence-electron chi connectivity index (χ1n) is 7.69. The number of carbonyl (C=O) groups excluding carboxylic acids is 1. The molecule has 0 bridgehead atoms. The summed E-state index contributed by atoms with van der Waals surface area (Å²) in [6.45, 7) is 7.28. The molecule has 0 aliphatic heterocycles. The lowest BCUT2D eigenvalue weighted by Gasteiger charge is -2.07. The van der Waals surface area contributed by atoms with Crippen LogP contribution in [0.25, 0.3) is 10.2 Å². The summed E-state index contributed by atoms with van der Waals surface area (Å²) >= 11 is 1.54. The fraction of sp³-hybridized carbons (Fsp3) is 0.562. The molecule has 2 atom stereocenters. The molecule has 0 aromatic carbocycles. The van der Waals surface area contributed by atoms with Crippen molar-refractivity contribution in [2.75, 3.05) is 6.54 Å². The molecule has 1 aliphatic rings. The minimum atomic E-state index is -0.0459. The fourth-order valence-electron chi connectivity index (χ4n) is 2.67. The predicted molar refractivity (Wildman–Crippen MR) is 88.3 cm³/mol. The van der Waals surface area contributed by atoms with Crippen LogP contribution in [0.2, 0.25) is 0 Å². The molecule has 2 aromatic rings. The molecule has 118 valence electrons. The molecule has 3 rings (SSSR count). The van der Waals surface area contributed by atoms with Gasteiger partial charge in [-0.05, 0) is 37.7 Å². The van der Waals surface area contributed by atoms with Crippen LogP contribution in [0.3, 0.4) is 0 Å². The Bertz CT molecular complexity index is 778. The zero-order chi connectivity index (χ0) is 15.9. The van der Waals surface area contributed by atoms with Gasteiger partial charge in [-0.1, -0.05) is 6.92 Å². The summed E-state index contributed by atoms with van der Waals surface area (Å²) in [7, 11) is 0. The van der Waals surface area contributed by atoms with Gasteiger partial charge >= 0.3 is 0 Å². The summed E-state index contributed by atoms with van der Waals surface area (Å²) < 4.78 is 1.54. The average Bonchev–Trinajstić information content (AvgIpc) is 3.11. The van der Waals surface area contributed by atoms with Crippen LogP contribution in [0.5, 0.6) is 0 Å². The highest BCUT2D eigenvalue weighted by molar-refractivity contribution is 7.18. The molecule has 5 nitrogen and oxygen atoms in total. The third-order valence-electron chi connectivity index (χ3n) is 4.57. The van der Waals surface area contributed by atoms with Crippen LogP contribution in [0.15, 0.2) is 11.1 Å². The summed E-state index contributed by atoms with van der Waals surface area (Å²) in [4.78, 5) is 30.6. The Kier molecular flexibility index (Phi) is 4.04. The minimum Gasteiger partial charge on any atom is -0.356 e. The standard InChI is InChI=1S/C16H21N3O2S/c1-9-6-12(9)7-17-13(20)4-5-19-8-18-15-14(16(19)21)10(2)11(3)22-15/h8-9,12H,4-7H2,1-3H3,(H,17,20)/t9-,12+/m1/s1. The van der Waals surface area contributed by atoms with Gasteiger partial charge in [0.05, 0.1) is 11.7 Å². The number of carbonyl (C=O) groups is 1. The van der Waals surface area contributed by atoms with Crippen molar-refractivity contribution in [3.63, 3.8) is 0 Å². The van der Waals surface area contributed by atoms with E-state index >= 15 is 0 Å². The molecule has 2 aromatic heterocycles. The molecule has 1 amide bonds. The van der Waals surface area contributed by atoms with Gasteiger partial charge in [0.2, 0.25) is 5.91 Å². The SMILES string of the molecule is Cc1sc2ncn(CCC(=O)NC[C@@H]3C[C@H]3C)c(=O)c2c1C. The first-order chi connectivity index (χ1) is 10.5. The average molecular weight is 319 g/mol. The van der Waals surface area contributed by atoms with E-state index in [0.717, 1.165) is 27.7 Å². The Morgan fingerprint density at radius 3 is 2.91 bits per heavy atom. The Morgan fingerprint density at radius 2 is 2.23 bits per heavy atom. The van der Waals surface area contributed by atoms with E-state index < -0.39 is 0 Å². The number of nitrogens with zero attached hydrogens (tertiary/aromatic N) is 2. The summed E-state index contributed by atoms with van der Waals surface area (Å²) in [6, 6.07) is 0. The number of aryl methyl sites for hydroxylation is 3. The number of hydrogen-bond acceptors (Lipinski definition) is 4. The highest BCUT2D eigenvalue weighted by Crippen LogP contribution is 2.36. The number of aromatic nitrogens is 2. The maximum Gasteiger partial charge on any atom is 0.262 e. The van der Waals surface area contributed by atoms with E-state index in [1.807, 2.05) is 13.8 Å². The van der Waals surface area contributed by atoms with Crippen molar-refractivity contribution < 1.29 is 4.79 Å². The molecule has 0 radical (unpaired) electrons. The highest BCUT2D eigenvalue weighted by Gasteiger charge is 2.32. The van der Waals surface area contributed by atoms with Gasteiger partial charge in [-0.15, -0.1) is 11.3 Å². The van der Waals surface area contributed by atoms with Gasteiger partial charge in [0, 0.05) is 24.4 Å². The summed E-state index contributed by atoms with van der Waals surface area (Å²) in [5, 5.41) is 3.64. The van der Waals surface area contributed by atoms with Crippen LogP contribution >= 0.6 is 11.3 Å². The van der Waals surface area contributed by atoms with Crippen LogP contribution in [-0.4, -0.2) is 22.0 Å². The summed E-state index contributed by atoms with van der Waals surface area (Å²) in [5.41, 5.74) is 0.953. The predicted octanol–water partition coefficient (Wildman–Crippen LogP) is 2.24. The van der Waals surface area contributed by atoms with Gasteiger partial charge in [-0.3, -0.25) is 14.2 Å². The molecular formula is C16H21N3O2S. The third-order valence-corrected chi connectivity index (χ3v) is 5.69. The zero-order valence-corrected chi connectivity index (χ0v) is 14.0. The molecule has 1 fully saturated rings. The summed E-state index contributed by atoms with van der Waals surface area (Å²) in [5.74, 6) is 1.38. The van der Waals surface area contributed by atoms with E-state index in [4.69, 9.17) is 0 Å². The lowest BCUT2D eigenvalue weighted by atomic mass is 10.2. The van der Waals surface area contributed by atoms with Crippen LogP contribution in [0, 0.1) is 25.7 Å². The first-order valence-corrected chi connectivity index (χ1v) is 8.51. The number of amides is 1. The van der Waals surface area contributed by atoms with Crippen molar-refractivity contribution in [2.24, 2.45) is 11.8 Å². The molecule has 1 aliphatic carbocycles. The highest BCUT2D eigenvalue weighted by atomic mass is 32.1. The van der Waals surface area contributed by atoms with E-state index in [2.05, 4.69) is 17.2 Å². The van der Waals surface area contributed by atoms with Crippen molar-refractivity contribution in [2.45, 2.75) is 40.2 Å². The number of hydrogen-bond donors (Lipinski definition) is 1. The van der Waals surface area contributed by atoms with Crippen molar-refractivity contribution in [1.82, 2.24) is 14.9 Å². The third kappa shape index (κ3) is 2.92. The van der Waals surface area contributed by atoms with Gasteiger partial charge in [0.15, 0.2) is 0 Å². The monoisotopic (exact) mass is 319 g/mol. The molecule has 1 N–H and O–H groups in total. The maximum atomic E-state index is 12.5. The normalized spacial score (nSPS) is 20.3. The Morgan fingerprint density at radius 1 is 1.50 bits per heavy atom.